The fourth-order valence-corrected chi connectivity index (χ4v) is 3.79. The van der Waals surface area contributed by atoms with E-state index in [9.17, 15) is 10.1 Å². The van der Waals surface area contributed by atoms with Crippen LogP contribution >= 0.6 is 0 Å². The molecule has 2 aromatic heterocycles. The van der Waals surface area contributed by atoms with E-state index in [2.05, 4.69) is 30.1 Å². The lowest BCUT2D eigenvalue weighted by molar-refractivity contribution is -0.384. The van der Waals surface area contributed by atoms with E-state index in [1.54, 1.807) is 12.1 Å². The first-order valence-electron chi connectivity index (χ1n) is 10.9. The molecule has 0 saturated carbocycles. The zero-order valence-corrected chi connectivity index (χ0v) is 18.6. The largest absolute Gasteiger partial charge is 0.419 e. The third-order valence-corrected chi connectivity index (χ3v) is 5.75. The zero-order valence-electron chi connectivity index (χ0n) is 18.6. The Morgan fingerprint density at radius 1 is 0.882 bits per heavy atom. The van der Waals surface area contributed by atoms with Crippen molar-refractivity contribution in [2.45, 2.75) is 20.0 Å². The minimum absolute atomic E-state index is 0.0215. The number of aromatic nitrogens is 4. The van der Waals surface area contributed by atoms with E-state index in [1.165, 1.54) is 17.7 Å². The lowest BCUT2D eigenvalue weighted by Crippen LogP contribution is -2.45. The predicted molar refractivity (Wildman–Crippen MR) is 121 cm³/mol. The standard InChI is InChI=1S/C23H23N7O4/c1-16-2-4-17(5-3-16)22-24-20(34-27-22)14-28-10-12-29(13-11-28)15-21-25-26-23(33-21)18-6-8-19(9-7-18)30(31)32/h2-9H,10-15H2,1H3. The maximum Gasteiger partial charge on any atom is 0.269 e. The van der Waals surface area contributed by atoms with Crippen LogP contribution in [0.1, 0.15) is 17.3 Å². The zero-order chi connectivity index (χ0) is 23.5. The second-order valence-electron chi connectivity index (χ2n) is 8.23. The molecule has 1 aliphatic heterocycles. The minimum atomic E-state index is -0.440. The van der Waals surface area contributed by atoms with E-state index in [4.69, 9.17) is 8.94 Å². The van der Waals surface area contributed by atoms with Gasteiger partial charge < -0.3 is 8.94 Å². The lowest BCUT2D eigenvalue weighted by atomic mass is 10.1. The number of rotatable bonds is 7. The van der Waals surface area contributed by atoms with E-state index in [1.807, 2.05) is 31.2 Å². The molecule has 4 aromatic rings. The van der Waals surface area contributed by atoms with E-state index < -0.39 is 4.92 Å². The SMILES string of the molecule is Cc1ccc(-c2noc(CN3CCN(Cc4nnc(-c5ccc([N+](=O)[O-])cc5)o4)CC3)n2)cc1. The Morgan fingerprint density at radius 3 is 2.15 bits per heavy atom. The van der Waals surface area contributed by atoms with Crippen molar-refractivity contribution in [2.75, 3.05) is 26.2 Å². The third-order valence-electron chi connectivity index (χ3n) is 5.75. The van der Waals surface area contributed by atoms with Gasteiger partial charge in [0.15, 0.2) is 0 Å². The number of benzene rings is 2. The molecule has 1 fully saturated rings. The quantitative estimate of drug-likeness (QED) is 0.299. The summed E-state index contributed by atoms with van der Waals surface area (Å²) < 4.78 is 11.2. The van der Waals surface area contributed by atoms with Gasteiger partial charge in [0.25, 0.3) is 5.69 Å². The Labute approximate surface area is 195 Å². The molecule has 34 heavy (non-hydrogen) atoms. The van der Waals surface area contributed by atoms with Gasteiger partial charge in [-0.15, -0.1) is 10.2 Å². The summed E-state index contributed by atoms with van der Waals surface area (Å²) in [6.45, 7) is 6.59. The van der Waals surface area contributed by atoms with Crippen LogP contribution in [0.5, 0.6) is 0 Å². The Morgan fingerprint density at radius 2 is 1.50 bits per heavy atom. The Balaban J connectivity index is 1.12. The molecule has 0 spiro atoms. The number of hydrogen-bond donors (Lipinski definition) is 0. The van der Waals surface area contributed by atoms with Crippen LogP contribution in [0, 0.1) is 17.0 Å². The van der Waals surface area contributed by atoms with Gasteiger partial charge in [-0.3, -0.25) is 19.9 Å². The van der Waals surface area contributed by atoms with E-state index >= 15 is 0 Å². The molecular formula is C23H23N7O4. The Bertz CT molecular complexity index is 1260. The Kier molecular flexibility index (Phi) is 6.11. The monoisotopic (exact) mass is 461 g/mol. The summed E-state index contributed by atoms with van der Waals surface area (Å²) in [5, 5.41) is 23.1. The molecule has 0 N–H and O–H groups in total. The summed E-state index contributed by atoms with van der Waals surface area (Å²) >= 11 is 0. The van der Waals surface area contributed by atoms with Crippen molar-refractivity contribution in [2.24, 2.45) is 0 Å². The van der Waals surface area contributed by atoms with Crippen LogP contribution in [-0.4, -0.2) is 61.2 Å². The molecule has 11 heteroatoms. The highest BCUT2D eigenvalue weighted by Gasteiger charge is 2.21. The average molecular weight is 461 g/mol. The third kappa shape index (κ3) is 5.00. The van der Waals surface area contributed by atoms with Crippen LogP contribution in [0.3, 0.4) is 0 Å². The lowest BCUT2D eigenvalue weighted by Gasteiger charge is -2.32. The number of piperazine rings is 1. The molecule has 11 nitrogen and oxygen atoms in total. The highest BCUT2D eigenvalue weighted by molar-refractivity contribution is 5.55. The predicted octanol–water partition coefficient (Wildman–Crippen LogP) is 3.32. The summed E-state index contributed by atoms with van der Waals surface area (Å²) in [5.74, 6) is 2.08. The summed E-state index contributed by atoms with van der Waals surface area (Å²) in [6, 6.07) is 14.1. The first-order valence-corrected chi connectivity index (χ1v) is 10.9. The van der Waals surface area contributed by atoms with Gasteiger partial charge in [0.1, 0.15) is 0 Å². The summed E-state index contributed by atoms with van der Waals surface area (Å²) in [6.07, 6.45) is 0. The molecule has 0 bridgehead atoms. The van der Waals surface area contributed by atoms with Crippen molar-refractivity contribution < 1.29 is 13.9 Å². The first kappa shape index (κ1) is 21.9. The maximum atomic E-state index is 10.8. The molecule has 3 heterocycles. The average Bonchev–Trinajstić information content (AvgIpc) is 3.51. The normalized spacial score (nSPS) is 15.0. The minimum Gasteiger partial charge on any atom is -0.419 e. The number of nitro groups is 1. The van der Waals surface area contributed by atoms with Crippen molar-refractivity contribution in [3.8, 4) is 22.8 Å². The molecule has 0 aliphatic carbocycles. The molecule has 2 aromatic carbocycles. The summed E-state index contributed by atoms with van der Waals surface area (Å²) in [7, 11) is 0. The van der Waals surface area contributed by atoms with Crippen LogP contribution < -0.4 is 0 Å². The molecule has 1 aliphatic rings. The smallest absolute Gasteiger partial charge is 0.269 e. The maximum absolute atomic E-state index is 10.8. The second kappa shape index (κ2) is 9.49. The molecule has 0 atom stereocenters. The summed E-state index contributed by atoms with van der Waals surface area (Å²) in [4.78, 5) is 19.4. The van der Waals surface area contributed by atoms with E-state index in [0.717, 1.165) is 31.7 Å². The van der Waals surface area contributed by atoms with Crippen LogP contribution in [0.25, 0.3) is 22.8 Å². The van der Waals surface area contributed by atoms with Crippen molar-refractivity contribution in [3.63, 3.8) is 0 Å². The molecule has 5 rings (SSSR count). The van der Waals surface area contributed by atoms with E-state index in [-0.39, 0.29) is 5.69 Å². The fraction of sp³-hybridized carbons (Fsp3) is 0.304. The van der Waals surface area contributed by atoms with Crippen LogP contribution in [-0.2, 0) is 13.1 Å². The number of non-ortho nitro benzene ring substituents is 1. The molecule has 0 radical (unpaired) electrons. The van der Waals surface area contributed by atoms with Crippen LogP contribution in [0.2, 0.25) is 0 Å². The number of nitro benzene ring substituents is 1. The second-order valence-corrected chi connectivity index (χ2v) is 8.23. The highest BCUT2D eigenvalue weighted by atomic mass is 16.6. The van der Waals surface area contributed by atoms with Crippen molar-refractivity contribution in [1.29, 1.82) is 0 Å². The molecule has 0 amide bonds. The molecule has 1 saturated heterocycles. The molecule has 174 valence electrons. The molecular weight excluding hydrogens is 438 g/mol. The topological polar surface area (TPSA) is 127 Å². The summed E-state index contributed by atoms with van der Waals surface area (Å²) in [5.41, 5.74) is 2.80. The van der Waals surface area contributed by atoms with Gasteiger partial charge in [0, 0.05) is 49.4 Å². The fourth-order valence-electron chi connectivity index (χ4n) is 3.79. The number of aryl methyl sites for hydroxylation is 1. The van der Waals surface area contributed by atoms with Crippen molar-refractivity contribution >= 4 is 5.69 Å². The van der Waals surface area contributed by atoms with Gasteiger partial charge in [-0.25, -0.2) is 0 Å². The van der Waals surface area contributed by atoms with Gasteiger partial charge in [-0.05, 0) is 19.1 Å². The van der Waals surface area contributed by atoms with E-state index in [0.29, 0.717) is 42.1 Å². The number of nitrogens with zero attached hydrogens (tertiary/aromatic N) is 7. The first-order chi connectivity index (χ1) is 16.5. The van der Waals surface area contributed by atoms with Gasteiger partial charge in [-0.2, -0.15) is 4.98 Å². The highest BCUT2D eigenvalue weighted by Crippen LogP contribution is 2.22. The van der Waals surface area contributed by atoms with Gasteiger partial charge in [0.2, 0.25) is 23.5 Å². The van der Waals surface area contributed by atoms with Crippen LogP contribution in [0.4, 0.5) is 5.69 Å². The van der Waals surface area contributed by atoms with Gasteiger partial charge in [0.05, 0.1) is 18.0 Å². The van der Waals surface area contributed by atoms with Crippen molar-refractivity contribution in [1.82, 2.24) is 30.1 Å². The Hall–Kier alpha value is -3.96. The molecule has 0 unspecified atom stereocenters. The number of hydrogen-bond acceptors (Lipinski definition) is 10. The van der Waals surface area contributed by atoms with Gasteiger partial charge >= 0.3 is 0 Å². The van der Waals surface area contributed by atoms with Crippen LogP contribution in [0.15, 0.2) is 57.5 Å². The van der Waals surface area contributed by atoms with Crippen molar-refractivity contribution in [3.05, 3.63) is 76.0 Å². The van der Waals surface area contributed by atoms with Gasteiger partial charge in [-0.1, -0.05) is 35.0 Å².